The number of aliphatic hydroxyl groups excluding tert-OH is 1. The largest absolute Gasteiger partial charge is 0.395 e. The van der Waals surface area contributed by atoms with E-state index in [1.807, 2.05) is 16.4 Å². The molecule has 0 radical (unpaired) electrons. The quantitative estimate of drug-likeness (QED) is 0.365. The second-order valence-corrected chi connectivity index (χ2v) is 11.8. The van der Waals surface area contributed by atoms with Gasteiger partial charge in [0.15, 0.2) is 0 Å². The molecule has 2 aromatic heterocycles. The highest BCUT2D eigenvalue weighted by atomic mass is 32.2. The van der Waals surface area contributed by atoms with Gasteiger partial charge in [0.1, 0.15) is 11.0 Å². The van der Waals surface area contributed by atoms with Gasteiger partial charge in [-0.25, -0.2) is 18.5 Å². The molecule has 10 nitrogen and oxygen atoms in total. The summed E-state index contributed by atoms with van der Waals surface area (Å²) in [5, 5.41) is 13.8. The second kappa shape index (κ2) is 12.9. The van der Waals surface area contributed by atoms with E-state index in [1.54, 1.807) is 23.7 Å². The number of carbonyl (C=O) groups excluding carboxylic acids is 1. The topological polar surface area (TPSA) is 105 Å². The summed E-state index contributed by atoms with van der Waals surface area (Å²) in [6.07, 6.45) is 3.77. The Balaban J connectivity index is 1.16. The van der Waals surface area contributed by atoms with Crippen molar-refractivity contribution in [2.75, 3.05) is 75.7 Å². The van der Waals surface area contributed by atoms with Gasteiger partial charge in [0.25, 0.3) is 0 Å². The number of nitrogens with one attached hydrogen (secondary N) is 1. The number of amides is 1. The average Bonchev–Trinajstić information content (AvgIpc) is 3.43. The Labute approximate surface area is 229 Å². The van der Waals surface area contributed by atoms with Crippen LogP contribution in [0.2, 0.25) is 0 Å². The molecule has 3 aromatic rings. The number of hydrogen-bond acceptors (Lipinski definition) is 9. The Morgan fingerprint density at radius 2 is 1.63 bits per heavy atom. The van der Waals surface area contributed by atoms with Crippen LogP contribution in [0.25, 0.3) is 11.1 Å². The molecule has 2 fully saturated rings. The van der Waals surface area contributed by atoms with Crippen molar-refractivity contribution in [3.8, 4) is 11.1 Å². The van der Waals surface area contributed by atoms with Crippen LogP contribution in [-0.4, -0.2) is 105 Å². The molecular weight excluding hydrogens is 522 g/mol. The fraction of sp³-hybridized carbons (Fsp3) is 0.423. The lowest BCUT2D eigenvalue weighted by atomic mass is 10.1. The van der Waals surface area contributed by atoms with Crippen LogP contribution in [0.1, 0.15) is 4.88 Å². The van der Waals surface area contributed by atoms with E-state index in [2.05, 4.69) is 53.6 Å². The lowest BCUT2D eigenvalue weighted by molar-refractivity contribution is -0.105. The number of nitrogens with zero attached hydrogens (tertiary/aromatic N) is 6. The number of aliphatic hydroxyl groups is 1. The Morgan fingerprint density at radius 3 is 2.29 bits per heavy atom. The third kappa shape index (κ3) is 6.45. The first kappa shape index (κ1) is 26.9. The Hall–Kier alpha value is -2.74. The highest BCUT2D eigenvalue weighted by Crippen LogP contribution is 2.30. The zero-order valence-corrected chi connectivity index (χ0v) is 22.9. The monoisotopic (exact) mass is 555 g/mol. The van der Waals surface area contributed by atoms with Crippen LogP contribution in [0, 0.1) is 0 Å². The maximum atomic E-state index is 13.3. The molecule has 12 heteroatoms. The molecule has 1 aromatic carbocycles. The molecule has 1 amide bonds. The average molecular weight is 556 g/mol. The predicted molar refractivity (Wildman–Crippen MR) is 150 cm³/mol. The maximum Gasteiger partial charge on any atom is 0.225 e. The normalized spacial score (nSPS) is 18.4. The van der Waals surface area contributed by atoms with Gasteiger partial charge in [-0.3, -0.25) is 14.6 Å². The molecule has 0 bridgehead atoms. The molecule has 38 heavy (non-hydrogen) atoms. The van der Waals surface area contributed by atoms with Crippen molar-refractivity contribution in [1.29, 1.82) is 0 Å². The predicted octanol–water partition coefficient (Wildman–Crippen LogP) is 1.73. The minimum absolute atomic E-state index is 0.220. The first-order valence-corrected chi connectivity index (χ1v) is 14.8. The smallest absolute Gasteiger partial charge is 0.225 e. The van der Waals surface area contributed by atoms with Gasteiger partial charge in [-0.1, -0.05) is 12.1 Å². The van der Waals surface area contributed by atoms with Crippen molar-refractivity contribution in [2.45, 2.75) is 11.4 Å². The summed E-state index contributed by atoms with van der Waals surface area (Å²) in [7, 11) is -1.23. The van der Waals surface area contributed by atoms with E-state index in [9.17, 15) is 9.00 Å². The summed E-state index contributed by atoms with van der Waals surface area (Å²) < 4.78 is 15.3. The van der Waals surface area contributed by atoms with Gasteiger partial charge in [0.05, 0.1) is 29.6 Å². The molecule has 2 saturated heterocycles. The SMILES string of the molecule is O=CNc1cnc(N2CCN(S(=O)c3ccc(-c4ccsc4CN4CCN(CCO)CC4)cc3)CC2)nc1. The fourth-order valence-electron chi connectivity index (χ4n) is 4.82. The van der Waals surface area contributed by atoms with E-state index in [-0.39, 0.29) is 6.61 Å². The third-order valence-electron chi connectivity index (χ3n) is 6.98. The number of piperazine rings is 2. The van der Waals surface area contributed by atoms with Crippen LogP contribution in [0.3, 0.4) is 0 Å². The molecule has 0 spiro atoms. The number of rotatable bonds is 10. The van der Waals surface area contributed by atoms with Gasteiger partial charge in [0.2, 0.25) is 12.4 Å². The van der Waals surface area contributed by atoms with Crippen LogP contribution >= 0.6 is 11.3 Å². The third-order valence-corrected chi connectivity index (χ3v) is 9.40. The number of carbonyl (C=O) groups is 1. The summed E-state index contributed by atoms with van der Waals surface area (Å²) >= 11 is 1.79. The number of aromatic nitrogens is 2. The zero-order chi connectivity index (χ0) is 26.3. The molecule has 1 unspecified atom stereocenters. The van der Waals surface area contributed by atoms with E-state index in [0.717, 1.165) is 49.7 Å². The summed E-state index contributed by atoms with van der Waals surface area (Å²) in [6.45, 7) is 8.56. The van der Waals surface area contributed by atoms with Crippen molar-refractivity contribution >= 4 is 40.4 Å². The van der Waals surface area contributed by atoms with Crippen molar-refractivity contribution in [2.24, 2.45) is 0 Å². The molecule has 2 aliphatic heterocycles. The molecule has 2 aliphatic rings. The van der Waals surface area contributed by atoms with Gasteiger partial charge in [-0.05, 0) is 34.7 Å². The van der Waals surface area contributed by atoms with Crippen molar-refractivity contribution in [1.82, 2.24) is 24.1 Å². The van der Waals surface area contributed by atoms with E-state index in [0.29, 0.717) is 44.2 Å². The zero-order valence-electron chi connectivity index (χ0n) is 21.2. The molecule has 202 valence electrons. The van der Waals surface area contributed by atoms with Gasteiger partial charge < -0.3 is 15.3 Å². The first-order valence-electron chi connectivity index (χ1n) is 12.8. The van der Waals surface area contributed by atoms with Gasteiger partial charge in [-0.2, -0.15) is 0 Å². The minimum atomic E-state index is -1.23. The fourth-order valence-corrected chi connectivity index (χ4v) is 6.92. The number of hydrogen-bond donors (Lipinski definition) is 2. The molecule has 0 aliphatic carbocycles. The summed E-state index contributed by atoms with van der Waals surface area (Å²) in [4.78, 5) is 28.2. The standard InChI is InChI=1S/C26H33N7O3S2/c34-15-14-30-6-8-31(9-7-30)19-25-24(5-16-37-25)21-1-3-23(4-2-21)38(36)33-12-10-32(11-13-33)26-27-17-22(18-28-26)29-20-35/h1-5,16-18,20,34H,6-15,19H2,(H,29,35). The van der Waals surface area contributed by atoms with E-state index >= 15 is 0 Å². The number of β-amino-alcohol motifs (C(OH)–C–C–N with tert-alkyl or cyclic N) is 1. The van der Waals surface area contributed by atoms with Crippen molar-refractivity contribution in [3.63, 3.8) is 0 Å². The van der Waals surface area contributed by atoms with Crippen molar-refractivity contribution in [3.05, 3.63) is 53.0 Å². The number of thiophene rings is 1. The van der Waals surface area contributed by atoms with Gasteiger partial charge >= 0.3 is 0 Å². The lowest BCUT2D eigenvalue weighted by Gasteiger charge is -2.34. The summed E-state index contributed by atoms with van der Waals surface area (Å²) in [6, 6.07) is 10.3. The summed E-state index contributed by atoms with van der Waals surface area (Å²) in [5.74, 6) is 0.606. The Morgan fingerprint density at radius 1 is 0.947 bits per heavy atom. The molecule has 4 heterocycles. The molecule has 5 rings (SSSR count). The van der Waals surface area contributed by atoms with Crippen LogP contribution in [-0.2, 0) is 22.3 Å². The minimum Gasteiger partial charge on any atom is -0.395 e. The van der Waals surface area contributed by atoms with E-state index in [1.165, 1.54) is 10.4 Å². The molecular formula is C26H33N7O3S2. The van der Waals surface area contributed by atoms with Crippen LogP contribution < -0.4 is 10.2 Å². The number of anilines is 2. The van der Waals surface area contributed by atoms with Crippen LogP contribution in [0.5, 0.6) is 0 Å². The lowest BCUT2D eigenvalue weighted by Crippen LogP contribution is -2.47. The van der Waals surface area contributed by atoms with Crippen LogP contribution in [0.4, 0.5) is 11.6 Å². The second-order valence-electron chi connectivity index (χ2n) is 9.32. The van der Waals surface area contributed by atoms with E-state index < -0.39 is 11.0 Å². The highest BCUT2D eigenvalue weighted by Gasteiger charge is 2.24. The number of benzene rings is 1. The van der Waals surface area contributed by atoms with Gasteiger partial charge in [0, 0.05) is 70.3 Å². The Kier molecular flexibility index (Phi) is 9.10. The molecule has 1 atom stereocenters. The maximum absolute atomic E-state index is 13.3. The highest BCUT2D eigenvalue weighted by molar-refractivity contribution is 7.82. The summed E-state index contributed by atoms with van der Waals surface area (Å²) in [5.41, 5.74) is 2.95. The Bertz CT molecular complexity index is 1210. The van der Waals surface area contributed by atoms with Crippen molar-refractivity contribution < 1.29 is 14.1 Å². The van der Waals surface area contributed by atoms with Gasteiger partial charge in [-0.15, -0.1) is 11.3 Å². The molecule has 0 saturated carbocycles. The van der Waals surface area contributed by atoms with Crippen LogP contribution in [0.15, 0.2) is 53.0 Å². The first-order chi connectivity index (χ1) is 18.6. The van der Waals surface area contributed by atoms with E-state index in [4.69, 9.17) is 5.11 Å². The molecule has 2 N–H and O–H groups in total.